The van der Waals surface area contributed by atoms with Crippen LogP contribution in [0.4, 0.5) is 10.2 Å². The molecule has 3 aromatic rings. The van der Waals surface area contributed by atoms with Crippen molar-refractivity contribution in [3.8, 4) is 5.88 Å². The number of aryl methyl sites for hydroxylation is 1. The number of carbonyl (C=O) groups excluding carboxylic acids is 1. The van der Waals surface area contributed by atoms with Gasteiger partial charge in [0.1, 0.15) is 17.2 Å². The molecular weight excluding hydrogens is 375 g/mol. The first-order chi connectivity index (χ1) is 16.9. The first kappa shape index (κ1) is 11.7. The van der Waals surface area contributed by atoms with Gasteiger partial charge in [-0.15, -0.1) is 0 Å². The fourth-order valence-corrected chi connectivity index (χ4v) is 3.46. The lowest BCUT2D eigenvalue weighted by Gasteiger charge is -2.27. The topological polar surface area (TPSA) is 84.7 Å². The summed E-state index contributed by atoms with van der Waals surface area (Å²) in [6.45, 7) is 0.330. The molecule has 1 fully saturated rings. The van der Waals surface area contributed by atoms with Crippen molar-refractivity contribution in [1.82, 2.24) is 24.9 Å². The van der Waals surface area contributed by atoms with Crippen molar-refractivity contribution >= 4 is 17.4 Å². The maximum atomic E-state index is 14.7. The van der Waals surface area contributed by atoms with Gasteiger partial charge in [-0.1, -0.05) is 0 Å². The Bertz CT molecular complexity index is 1400. The van der Waals surface area contributed by atoms with Crippen LogP contribution in [0, 0.1) is 12.7 Å². The maximum Gasteiger partial charge on any atom is 0.257 e. The number of fused-ring (bicyclic) bond motifs is 5. The van der Waals surface area contributed by atoms with Crippen molar-refractivity contribution in [2.24, 2.45) is 0 Å². The average molecular weight is 403 g/mol. The van der Waals surface area contributed by atoms with Gasteiger partial charge >= 0.3 is 0 Å². The molecule has 5 heterocycles. The Hall–Kier alpha value is -3.23. The van der Waals surface area contributed by atoms with E-state index in [0.29, 0.717) is 5.69 Å². The largest absolute Gasteiger partial charge is 0.477 e. The van der Waals surface area contributed by atoms with E-state index in [0.717, 1.165) is 0 Å². The second-order valence-electron chi connectivity index (χ2n) is 6.57. The number of hydrogen-bond donors (Lipinski definition) is 1. The fraction of sp³-hybridized carbons (Fsp3) is 0.400. The van der Waals surface area contributed by atoms with Crippen LogP contribution in [0.2, 0.25) is 0 Å². The summed E-state index contributed by atoms with van der Waals surface area (Å²) < 4.78 is 79.7. The Balaban J connectivity index is 1.81. The number of amides is 1. The summed E-state index contributed by atoms with van der Waals surface area (Å²) in [5.41, 5.74) is 0.207. The van der Waals surface area contributed by atoms with Gasteiger partial charge in [-0.25, -0.2) is 18.9 Å². The second kappa shape index (κ2) is 6.98. The Labute approximate surface area is 176 Å². The quantitative estimate of drug-likeness (QED) is 0.621. The molecule has 1 amide bonds. The molecule has 0 aromatic carbocycles. The number of hydrogen-bond acceptors (Lipinski definition) is 6. The van der Waals surface area contributed by atoms with Crippen LogP contribution in [0.1, 0.15) is 56.4 Å². The van der Waals surface area contributed by atoms with Crippen LogP contribution in [0.5, 0.6) is 5.88 Å². The van der Waals surface area contributed by atoms with E-state index in [-0.39, 0.29) is 35.2 Å². The molecule has 2 aliphatic rings. The predicted octanol–water partition coefficient (Wildman–Crippen LogP) is 2.43. The smallest absolute Gasteiger partial charge is 0.257 e. The normalized spacial score (nSPS) is 29.7. The van der Waals surface area contributed by atoms with Gasteiger partial charge in [0.2, 0.25) is 5.88 Å². The Kier molecular flexibility index (Phi) is 2.82. The molecule has 29 heavy (non-hydrogen) atoms. The molecule has 2 aliphatic heterocycles. The van der Waals surface area contributed by atoms with Gasteiger partial charge in [-0.3, -0.25) is 4.79 Å². The van der Waals surface area contributed by atoms with Crippen LogP contribution in [-0.4, -0.2) is 45.2 Å². The third-order valence-electron chi connectivity index (χ3n) is 4.75. The van der Waals surface area contributed by atoms with Crippen molar-refractivity contribution in [1.29, 1.82) is 0 Å². The zero-order chi connectivity index (χ0) is 26.1. The first-order valence-corrected chi connectivity index (χ1v) is 8.95. The summed E-state index contributed by atoms with van der Waals surface area (Å²) in [6, 6.07) is -2.13. The van der Waals surface area contributed by atoms with Crippen LogP contribution in [-0.2, 0) is 0 Å². The summed E-state index contributed by atoms with van der Waals surface area (Å²) in [5.74, 6) is -2.33. The minimum Gasteiger partial charge on any atom is -0.477 e. The van der Waals surface area contributed by atoms with Crippen molar-refractivity contribution in [3.05, 3.63) is 47.1 Å². The zero-order valence-electron chi connectivity index (χ0n) is 22.4. The summed E-state index contributed by atoms with van der Waals surface area (Å²) in [4.78, 5) is 22.6. The van der Waals surface area contributed by atoms with E-state index >= 15 is 0 Å². The lowest BCUT2D eigenvalue weighted by molar-refractivity contribution is 0.0952. The molecule has 3 unspecified atom stereocenters. The van der Waals surface area contributed by atoms with Crippen molar-refractivity contribution < 1.29 is 23.5 Å². The lowest BCUT2D eigenvalue weighted by atomic mass is 10.1. The number of ether oxygens (including phenoxy) is 1. The van der Waals surface area contributed by atoms with Gasteiger partial charge in [-0.2, -0.15) is 5.10 Å². The predicted molar refractivity (Wildman–Crippen MR) is 104 cm³/mol. The highest BCUT2D eigenvalue weighted by atomic mass is 19.1. The summed E-state index contributed by atoms with van der Waals surface area (Å²) in [5, 5.41) is 6.72. The highest BCUT2D eigenvalue weighted by Gasteiger charge is 2.31. The molecule has 0 spiro atoms. The lowest BCUT2D eigenvalue weighted by Crippen LogP contribution is -2.28. The van der Waals surface area contributed by atoms with Crippen LogP contribution in [0.25, 0.3) is 5.65 Å². The molecule has 0 aliphatic carbocycles. The van der Waals surface area contributed by atoms with Crippen molar-refractivity contribution in [3.63, 3.8) is 0 Å². The SMILES string of the molecule is [2H]c1cn2nc(C)c3c2nc1N1CC([2H])C([2H])C1c1c(nc([2H])c(F)c1[2H])OCC([2H])([2H])CNC3=O. The zero-order valence-corrected chi connectivity index (χ0v) is 15.4. The minimum absolute atomic E-state index is 0.0125. The molecule has 8 nitrogen and oxygen atoms in total. The van der Waals surface area contributed by atoms with Crippen LogP contribution < -0.4 is 15.0 Å². The Morgan fingerprint density at radius 1 is 1.48 bits per heavy atom. The van der Waals surface area contributed by atoms with Crippen molar-refractivity contribution in [2.45, 2.75) is 32.1 Å². The standard InChI is InChI=1S/C20H21FN6O2/c1-12-17-18-24-16(5-8-27(18)25-12)26-7-2-4-15(26)14-10-13(21)11-23-20(14)29-9-3-6-22-19(17)28/h5,8,10-11,15H,2-4,6-7,9H2,1H3,(H,22,28)/i2D,3D2,4D,5D,10D,11D. The van der Waals surface area contributed by atoms with Gasteiger partial charge in [-0.05, 0) is 38.2 Å². The molecule has 1 N–H and O–H groups in total. The average Bonchev–Trinajstić information content (AvgIpc) is 3.28. The highest BCUT2D eigenvalue weighted by molar-refractivity contribution is 6.01. The third kappa shape index (κ3) is 3.06. The van der Waals surface area contributed by atoms with E-state index < -0.39 is 68.2 Å². The number of pyridine rings is 1. The summed E-state index contributed by atoms with van der Waals surface area (Å²) in [6.07, 6.45) is -4.00. The van der Waals surface area contributed by atoms with Gasteiger partial charge in [0, 0.05) is 30.3 Å². The molecule has 3 aromatic heterocycles. The van der Waals surface area contributed by atoms with E-state index in [4.69, 9.17) is 14.3 Å². The van der Waals surface area contributed by atoms with Gasteiger partial charge in [0.25, 0.3) is 5.91 Å². The molecular formula is C20H21FN6O2. The maximum absolute atomic E-state index is 14.7. The molecule has 0 radical (unpaired) electrons. The Morgan fingerprint density at radius 3 is 3.28 bits per heavy atom. The van der Waals surface area contributed by atoms with E-state index in [1.807, 2.05) is 0 Å². The first-order valence-electron chi connectivity index (χ1n) is 12.6. The van der Waals surface area contributed by atoms with Gasteiger partial charge < -0.3 is 15.0 Å². The van der Waals surface area contributed by atoms with Crippen LogP contribution >= 0.6 is 0 Å². The van der Waals surface area contributed by atoms with Crippen LogP contribution in [0.15, 0.2) is 24.5 Å². The van der Waals surface area contributed by atoms with E-state index in [1.165, 1.54) is 15.6 Å². The molecule has 3 atom stereocenters. The van der Waals surface area contributed by atoms with Crippen molar-refractivity contribution in [2.75, 3.05) is 24.6 Å². The number of rotatable bonds is 0. The molecule has 5 rings (SSSR count). The number of anilines is 1. The summed E-state index contributed by atoms with van der Waals surface area (Å²) >= 11 is 0. The molecule has 2 bridgehead atoms. The van der Waals surface area contributed by atoms with E-state index in [1.54, 1.807) is 6.92 Å². The number of aromatic nitrogens is 4. The van der Waals surface area contributed by atoms with Crippen LogP contribution in [0.3, 0.4) is 0 Å². The minimum atomic E-state index is -2.13. The summed E-state index contributed by atoms with van der Waals surface area (Å²) in [7, 11) is 0. The number of carbonyl (C=O) groups is 1. The number of nitrogens with zero attached hydrogens (tertiary/aromatic N) is 5. The second-order valence-corrected chi connectivity index (χ2v) is 6.57. The highest BCUT2D eigenvalue weighted by Crippen LogP contribution is 2.39. The molecule has 0 saturated carbocycles. The fourth-order valence-electron chi connectivity index (χ4n) is 3.46. The Morgan fingerprint density at radius 2 is 2.38 bits per heavy atom. The van der Waals surface area contributed by atoms with Gasteiger partial charge in [0.15, 0.2) is 5.65 Å². The monoisotopic (exact) mass is 403 g/mol. The van der Waals surface area contributed by atoms with E-state index in [9.17, 15) is 9.18 Å². The number of halogens is 1. The third-order valence-corrected chi connectivity index (χ3v) is 4.75. The molecule has 150 valence electrons. The molecule has 1 saturated heterocycles. The van der Waals surface area contributed by atoms with E-state index in [2.05, 4.69) is 20.4 Å². The number of nitrogens with one attached hydrogen (secondary N) is 1. The molecule has 9 heteroatoms. The van der Waals surface area contributed by atoms with Gasteiger partial charge in [0.05, 0.1) is 28.6 Å².